The van der Waals surface area contributed by atoms with Crippen LogP contribution in [0.4, 0.5) is 8.78 Å². The van der Waals surface area contributed by atoms with E-state index < -0.39 is 29.6 Å². The number of amides is 1. The van der Waals surface area contributed by atoms with Crippen molar-refractivity contribution in [3.63, 3.8) is 0 Å². The number of nitrogens with one attached hydrogen (secondary N) is 1. The number of benzene rings is 1. The van der Waals surface area contributed by atoms with Gasteiger partial charge in [-0.05, 0) is 6.07 Å². The standard InChI is InChI=1S/C12H13F2NO3S/c1-7(16)15-10(12(17)18)6-19-5-8-3-2-4-9(13)11(8)14/h2-4,10H,5-6H2,1H3,(H,15,16)(H,17,18). The van der Waals surface area contributed by atoms with Crippen LogP contribution in [-0.4, -0.2) is 28.8 Å². The predicted molar refractivity (Wildman–Crippen MR) is 67.8 cm³/mol. The molecule has 1 atom stereocenters. The first-order valence-electron chi connectivity index (χ1n) is 5.42. The van der Waals surface area contributed by atoms with Gasteiger partial charge in [-0.3, -0.25) is 4.79 Å². The van der Waals surface area contributed by atoms with Crippen LogP contribution < -0.4 is 5.32 Å². The Morgan fingerprint density at radius 3 is 2.68 bits per heavy atom. The molecule has 0 aromatic heterocycles. The minimum absolute atomic E-state index is 0.0743. The molecular weight excluding hydrogens is 276 g/mol. The molecule has 1 aromatic carbocycles. The molecule has 2 N–H and O–H groups in total. The zero-order valence-corrected chi connectivity index (χ0v) is 11.0. The van der Waals surface area contributed by atoms with Crippen molar-refractivity contribution < 1.29 is 23.5 Å². The Bertz CT molecular complexity index is 482. The van der Waals surface area contributed by atoms with E-state index >= 15 is 0 Å². The fourth-order valence-electron chi connectivity index (χ4n) is 1.37. The molecule has 0 fully saturated rings. The number of carbonyl (C=O) groups excluding carboxylic acids is 1. The van der Waals surface area contributed by atoms with Gasteiger partial charge < -0.3 is 10.4 Å². The maximum absolute atomic E-state index is 13.3. The van der Waals surface area contributed by atoms with Gasteiger partial charge in [-0.1, -0.05) is 12.1 Å². The molecule has 19 heavy (non-hydrogen) atoms. The van der Waals surface area contributed by atoms with Gasteiger partial charge in [0.2, 0.25) is 5.91 Å². The summed E-state index contributed by atoms with van der Waals surface area (Å²) in [7, 11) is 0. The minimum atomic E-state index is -1.16. The third kappa shape index (κ3) is 4.86. The number of hydrogen-bond acceptors (Lipinski definition) is 3. The Hall–Kier alpha value is -1.63. The van der Waals surface area contributed by atoms with Gasteiger partial charge in [-0.2, -0.15) is 11.8 Å². The Labute approximate surface area is 113 Å². The first-order chi connectivity index (χ1) is 8.91. The SMILES string of the molecule is CC(=O)NC(CSCc1cccc(F)c1F)C(=O)O. The number of carbonyl (C=O) groups is 2. The molecular formula is C12H13F2NO3S. The summed E-state index contributed by atoms with van der Waals surface area (Å²) < 4.78 is 26.3. The molecule has 0 saturated carbocycles. The van der Waals surface area contributed by atoms with Crippen molar-refractivity contribution in [3.05, 3.63) is 35.4 Å². The number of aliphatic carboxylic acids is 1. The molecule has 0 aliphatic heterocycles. The average molecular weight is 289 g/mol. The van der Waals surface area contributed by atoms with Crippen molar-refractivity contribution in [3.8, 4) is 0 Å². The van der Waals surface area contributed by atoms with Crippen molar-refractivity contribution >= 4 is 23.6 Å². The van der Waals surface area contributed by atoms with Gasteiger partial charge in [-0.25, -0.2) is 13.6 Å². The fourth-order valence-corrected chi connectivity index (χ4v) is 2.39. The highest BCUT2D eigenvalue weighted by Crippen LogP contribution is 2.18. The van der Waals surface area contributed by atoms with E-state index in [0.717, 1.165) is 17.8 Å². The van der Waals surface area contributed by atoms with Crippen LogP contribution in [0.3, 0.4) is 0 Å². The van der Waals surface area contributed by atoms with E-state index in [9.17, 15) is 18.4 Å². The van der Waals surface area contributed by atoms with Gasteiger partial charge in [-0.15, -0.1) is 0 Å². The Balaban J connectivity index is 2.54. The molecule has 1 rings (SSSR count). The molecule has 4 nitrogen and oxygen atoms in total. The lowest BCUT2D eigenvalue weighted by atomic mass is 10.2. The Morgan fingerprint density at radius 1 is 1.42 bits per heavy atom. The second-order valence-corrected chi connectivity index (χ2v) is 4.85. The van der Waals surface area contributed by atoms with E-state index in [0.29, 0.717) is 0 Å². The van der Waals surface area contributed by atoms with Crippen LogP contribution in [-0.2, 0) is 15.3 Å². The molecule has 7 heteroatoms. The minimum Gasteiger partial charge on any atom is -0.480 e. The molecule has 1 aromatic rings. The number of halogens is 2. The zero-order chi connectivity index (χ0) is 14.4. The smallest absolute Gasteiger partial charge is 0.327 e. The van der Waals surface area contributed by atoms with E-state index in [1.165, 1.54) is 19.1 Å². The average Bonchev–Trinajstić information content (AvgIpc) is 2.32. The Morgan fingerprint density at radius 2 is 2.11 bits per heavy atom. The molecule has 0 aliphatic rings. The normalized spacial score (nSPS) is 11.9. The molecule has 0 spiro atoms. The lowest BCUT2D eigenvalue weighted by Crippen LogP contribution is -2.41. The summed E-state index contributed by atoms with van der Waals surface area (Å²) in [6.07, 6.45) is 0. The van der Waals surface area contributed by atoms with Crippen molar-refractivity contribution in [1.29, 1.82) is 0 Å². The van der Waals surface area contributed by atoms with Gasteiger partial charge in [0.25, 0.3) is 0 Å². The summed E-state index contributed by atoms with van der Waals surface area (Å²) in [5.74, 6) is -3.28. The van der Waals surface area contributed by atoms with Crippen molar-refractivity contribution in [2.24, 2.45) is 0 Å². The van der Waals surface area contributed by atoms with Crippen LogP contribution >= 0.6 is 11.8 Å². The molecule has 0 heterocycles. The summed E-state index contributed by atoms with van der Waals surface area (Å²) in [6.45, 7) is 1.22. The van der Waals surface area contributed by atoms with Gasteiger partial charge in [0.05, 0.1) is 0 Å². The van der Waals surface area contributed by atoms with Gasteiger partial charge in [0.1, 0.15) is 6.04 Å². The third-order valence-electron chi connectivity index (χ3n) is 2.25. The van der Waals surface area contributed by atoms with Crippen molar-refractivity contribution in [1.82, 2.24) is 5.32 Å². The number of carboxylic acid groups (broad SMARTS) is 1. The molecule has 0 aliphatic carbocycles. The number of carboxylic acids is 1. The van der Waals surface area contributed by atoms with Crippen LogP contribution in [0.1, 0.15) is 12.5 Å². The molecule has 1 unspecified atom stereocenters. The first kappa shape index (κ1) is 15.4. The van der Waals surface area contributed by atoms with E-state index in [-0.39, 0.29) is 17.1 Å². The first-order valence-corrected chi connectivity index (χ1v) is 6.58. The topological polar surface area (TPSA) is 66.4 Å². The number of hydrogen-bond donors (Lipinski definition) is 2. The molecule has 0 bridgehead atoms. The third-order valence-corrected chi connectivity index (χ3v) is 3.33. The highest BCUT2D eigenvalue weighted by atomic mass is 32.2. The van der Waals surface area contributed by atoms with E-state index in [1.54, 1.807) is 0 Å². The van der Waals surface area contributed by atoms with Crippen molar-refractivity contribution in [2.75, 3.05) is 5.75 Å². The van der Waals surface area contributed by atoms with Crippen LogP contribution in [0.2, 0.25) is 0 Å². The lowest BCUT2D eigenvalue weighted by Gasteiger charge is -2.12. The lowest BCUT2D eigenvalue weighted by molar-refractivity contribution is -0.140. The molecule has 0 radical (unpaired) electrons. The molecule has 0 saturated heterocycles. The summed E-state index contributed by atoms with van der Waals surface area (Å²) in [5.41, 5.74) is 0.164. The fraction of sp³-hybridized carbons (Fsp3) is 0.333. The molecule has 1 amide bonds. The summed E-state index contributed by atoms with van der Waals surface area (Å²) in [4.78, 5) is 21.6. The van der Waals surface area contributed by atoms with Crippen LogP contribution in [0, 0.1) is 11.6 Å². The second-order valence-electron chi connectivity index (χ2n) is 3.82. The van der Waals surface area contributed by atoms with Gasteiger partial charge >= 0.3 is 5.97 Å². The highest BCUT2D eigenvalue weighted by Gasteiger charge is 2.18. The second kappa shape index (κ2) is 7.08. The van der Waals surface area contributed by atoms with Gasteiger partial charge in [0.15, 0.2) is 11.6 Å². The maximum Gasteiger partial charge on any atom is 0.327 e. The van der Waals surface area contributed by atoms with Crippen molar-refractivity contribution in [2.45, 2.75) is 18.7 Å². The summed E-state index contributed by atoms with van der Waals surface area (Å²) in [5, 5.41) is 11.1. The quantitative estimate of drug-likeness (QED) is 0.838. The van der Waals surface area contributed by atoms with E-state index in [1.807, 2.05) is 0 Å². The molecule has 104 valence electrons. The van der Waals surface area contributed by atoms with Crippen LogP contribution in [0.5, 0.6) is 0 Å². The van der Waals surface area contributed by atoms with E-state index in [2.05, 4.69) is 5.32 Å². The Kier molecular flexibility index (Phi) is 5.75. The number of thioether (sulfide) groups is 1. The predicted octanol–water partition coefficient (Wildman–Crippen LogP) is 1.79. The largest absolute Gasteiger partial charge is 0.480 e. The van der Waals surface area contributed by atoms with Crippen LogP contribution in [0.25, 0.3) is 0 Å². The van der Waals surface area contributed by atoms with Gasteiger partial charge in [0, 0.05) is 24.0 Å². The van der Waals surface area contributed by atoms with E-state index in [4.69, 9.17) is 5.11 Å². The highest BCUT2D eigenvalue weighted by molar-refractivity contribution is 7.98. The number of rotatable bonds is 6. The monoisotopic (exact) mass is 289 g/mol. The van der Waals surface area contributed by atoms with Crippen LogP contribution in [0.15, 0.2) is 18.2 Å². The zero-order valence-electron chi connectivity index (χ0n) is 10.2. The summed E-state index contributed by atoms with van der Waals surface area (Å²) >= 11 is 1.11. The summed E-state index contributed by atoms with van der Waals surface area (Å²) in [6, 6.07) is 2.79. The maximum atomic E-state index is 13.3.